The molecule has 0 spiro atoms. The fourth-order valence-electron chi connectivity index (χ4n) is 3.30. The van der Waals surface area contributed by atoms with E-state index in [0.717, 1.165) is 18.8 Å². The SMILES string of the molecule is Cc1cc(C)c(N2CCCc3c2nn(C)c3I)c(C)c1. The van der Waals surface area contributed by atoms with Crippen LogP contribution in [0.1, 0.15) is 28.7 Å². The van der Waals surface area contributed by atoms with Crippen LogP contribution in [0.15, 0.2) is 12.1 Å². The molecule has 1 aliphatic rings. The summed E-state index contributed by atoms with van der Waals surface area (Å²) >= 11 is 2.41. The molecule has 0 amide bonds. The summed E-state index contributed by atoms with van der Waals surface area (Å²) in [6.07, 6.45) is 2.34. The van der Waals surface area contributed by atoms with Gasteiger partial charge in [0.15, 0.2) is 5.82 Å². The zero-order chi connectivity index (χ0) is 14.4. The zero-order valence-electron chi connectivity index (χ0n) is 12.5. The molecule has 0 atom stereocenters. The molecule has 0 radical (unpaired) electrons. The molecule has 0 fully saturated rings. The van der Waals surface area contributed by atoms with Crippen LogP contribution in [-0.2, 0) is 13.5 Å². The molecule has 1 aromatic heterocycles. The Morgan fingerprint density at radius 1 is 1.15 bits per heavy atom. The van der Waals surface area contributed by atoms with Crippen LogP contribution >= 0.6 is 22.6 Å². The molecule has 0 N–H and O–H groups in total. The van der Waals surface area contributed by atoms with Crippen molar-refractivity contribution in [1.82, 2.24) is 9.78 Å². The lowest BCUT2D eigenvalue weighted by molar-refractivity contribution is 0.735. The van der Waals surface area contributed by atoms with Crippen molar-refractivity contribution in [3.63, 3.8) is 0 Å². The maximum absolute atomic E-state index is 4.75. The zero-order valence-corrected chi connectivity index (χ0v) is 14.7. The summed E-state index contributed by atoms with van der Waals surface area (Å²) in [5, 5.41) is 4.75. The minimum Gasteiger partial charge on any atom is -0.324 e. The van der Waals surface area contributed by atoms with E-state index in [9.17, 15) is 0 Å². The Kier molecular flexibility index (Phi) is 3.52. The Morgan fingerprint density at radius 2 is 1.80 bits per heavy atom. The van der Waals surface area contributed by atoms with Gasteiger partial charge in [-0.25, -0.2) is 0 Å². The second kappa shape index (κ2) is 5.06. The van der Waals surface area contributed by atoms with Gasteiger partial charge in [0.2, 0.25) is 0 Å². The maximum atomic E-state index is 4.75. The van der Waals surface area contributed by atoms with E-state index in [0.29, 0.717) is 0 Å². The van der Waals surface area contributed by atoms with Gasteiger partial charge >= 0.3 is 0 Å². The lowest BCUT2D eigenvalue weighted by Crippen LogP contribution is -2.26. The number of anilines is 2. The van der Waals surface area contributed by atoms with E-state index in [2.05, 4.69) is 60.4 Å². The van der Waals surface area contributed by atoms with Crippen molar-refractivity contribution in [3.05, 3.63) is 38.1 Å². The Morgan fingerprint density at radius 3 is 2.45 bits per heavy atom. The summed E-state index contributed by atoms with van der Waals surface area (Å²) < 4.78 is 3.27. The summed E-state index contributed by atoms with van der Waals surface area (Å²) in [7, 11) is 2.03. The molecule has 1 aromatic carbocycles. The standard InChI is InChI=1S/C16H20IN3/c1-10-8-11(2)14(12(3)9-10)20-7-5-6-13-15(17)19(4)18-16(13)20/h8-9H,5-7H2,1-4H3. The molecule has 0 bridgehead atoms. The van der Waals surface area contributed by atoms with Crippen LogP contribution in [-0.4, -0.2) is 16.3 Å². The third-order valence-electron chi connectivity index (χ3n) is 4.02. The Bertz CT molecular complexity index is 650. The molecule has 4 heteroatoms. The van der Waals surface area contributed by atoms with Crippen LogP contribution in [0.3, 0.4) is 0 Å². The first-order valence-corrected chi connectivity index (χ1v) is 8.13. The molecular weight excluding hydrogens is 361 g/mol. The van der Waals surface area contributed by atoms with Crippen LogP contribution in [0, 0.1) is 24.5 Å². The first-order chi connectivity index (χ1) is 9.49. The van der Waals surface area contributed by atoms with Crippen LogP contribution in [0.2, 0.25) is 0 Å². The summed E-state index contributed by atoms with van der Waals surface area (Å²) in [6.45, 7) is 7.63. The molecule has 2 heterocycles. The van der Waals surface area contributed by atoms with E-state index in [-0.39, 0.29) is 0 Å². The van der Waals surface area contributed by atoms with Gasteiger partial charge in [-0.3, -0.25) is 4.68 Å². The number of rotatable bonds is 1. The first-order valence-electron chi connectivity index (χ1n) is 7.06. The van der Waals surface area contributed by atoms with Crippen molar-refractivity contribution >= 4 is 34.1 Å². The number of fused-ring (bicyclic) bond motifs is 1. The van der Waals surface area contributed by atoms with E-state index in [1.165, 1.54) is 38.1 Å². The first kappa shape index (κ1) is 13.9. The Labute approximate surface area is 134 Å². The second-order valence-electron chi connectivity index (χ2n) is 5.72. The minimum absolute atomic E-state index is 1.06. The highest BCUT2D eigenvalue weighted by Gasteiger charge is 2.26. The van der Waals surface area contributed by atoms with Crippen LogP contribution in [0.5, 0.6) is 0 Å². The lowest BCUT2D eigenvalue weighted by atomic mass is 10.0. The maximum Gasteiger partial charge on any atom is 0.159 e. The summed E-state index contributed by atoms with van der Waals surface area (Å²) in [4.78, 5) is 2.41. The highest BCUT2D eigenvalue weighted by atomic mass is 127. The van der Waals surface area contributed by atoms with Crippen molar-refractivity contribution in [2.75, 3.05) is 11.4 Å². The largest absolute Gasteiger partial charge is 0.324 e. The Balaban J connectivity index is 2.16. The van der Waals surface area contributed by atoms with Gasteiger partial charge in [0.25, 0.3) is 0 Å². The topological polar surface area (TPSA) is 21.1 Å². The molecule has 1 aliphatic heterocycles. The molecule has 0 saturated carbocycles. The van der Waals surface area contributed by atoms with Crippen molar-refractivity contribution in [1.29, 1.82) is 0 Å². The normalized spacial score (nSPS) is 14.6. The monoisotopic (exact) mass is 381 g/mol. The third-order valence-corrected chi connectivity index (χ3v) is 5.37. The van der Waals surface area contributed by atoms with Gasteiger partial charge < -0.3 is 4.90 Å². The van der Waals surface area contributed by atoms with Crippen LogP contribution < -0.4 is 4.90 Å². The molecule has 106 valence electrons. The average Bonchev–Trinajstić information content (AvgIpc) is 2.66. The number of hydrogen-bond acceptors (Lipinski definition) is 2. The minimum atomic E-state index is 1.06. The van der Waals surface area contributed by atoms with Crippen molar-refractivity contribution < 1.29 is 0 Å². The molecule has 0 saturated heterocycles. The van der Waals surface area contributed by atoms with E-state index >= 15 is 0 Å². The van der Waals surface area contributed by atoms with E-state index in [1.54, 1.807) is 0 Å². The van der Waals surface area contributed by atoms with E-state index in [1.807, 2.05) is 11.7 Å². The van der Waals surface area contributed by atoms with Gasteiger partial charge in [-0.1, -0.05) is 17.7 Å². The third kappa shape index (κ3) is 2.14. The lowest BCUT2D eigenvalue weighted by Gasteiger charge is -2.30. The molecule has 3 rings (SSSR count). The number of nitrogens with zero attached hydrogens (tertiary/aromatic N) is 3. The fourth-order valence-corrected chi connectivity index (χ4v) is 3.92. The second-order valence-corrected chi connectivity index (χ2v) is 6.74. The highest BCUT2D eigenvalue weighted by molar-refractivity contribution is 14.1. The van der Waals surface area contributed by atoms with Crippen molar-refractivity contribution in [2.45, 2.75) is 33.6 Å². The number of halogens is 1. The van der Waals surface area contributed by atoms with Crippen molar-refractivity contribution in [3.8, 4) is 0 Å². The van der Waals surface area contributed by atoms with Gasteiger partial charge in [0.05, 0.1) is 0 Å². The van der Waals surface area contributed by atoms with Crippen LogP contribution in [0.4, 0.5) is 11.5 Å². The van der Waals surface area contributed by atoms with Gasteiger partial charge in [-0.2, -0.15) is 5.10 Å². The fraction of sp³-hybridized carbons (Fsp3) is 0.438. The van der Waals surface area contributed by atoms with Gasteiger partial charge in [0, 0.05) is 24.8 Å². The quantitative estimate of drug-likeness (QED) is 0.696. The number of benzene rings is 1. The average molecular weight is 381 g/mol. The van der Waals surface area contributed by atoms with Gasteiger partial charge in [0.1, 0.15) is 3.70 Å². The number of aryl methyl sites for hydroxylation is 4. The van der Waals surface area contributed by atoms with E-state index in [4.69, 9.17) is 5.10 Å². The molecule has 0 unspecified atom stereocenters. The molecule has 3 nitrogen and oxygen atoms in total. The highest BCUT2D eigenvalue weighted by Crippen LogP contribution is 2.38. The van der Waals surface area contributed by atoms with Gasteiger partial charge in [-0.15, -0.1) is 0 Å². The molecular formula is C16H20IN3. The smallest absolute Gasteiger partial charge is 0.159 e. The van der Waals surface area contributed by atoms with Gasteiger partial charge in [-0.05, 0) is 67.3 Å². The summed E-state index contributed by atoms with van der Waals surface area (Å²) in [6, 6.07) is 4.54. The van der Waals surface area contributed by atoms with E-state index < -0.39 is 0 Å². The number of hydrogen-bond donors (Lipinski definition) is 0. The summed E-state index contributed by atoms with van der Waals surface area (Å²) in [5.74, 6) is 1.15. The molecule has 20 heavy (non-hydrogen) atoms. The summed E-state index contributed by atoms with van der Waals surface area (Å²) in [5.41, 5.74) is 6.76. The van der Waals surface area contributed by atoms with Crippen LogP contribution in [0.25, 0.3) is 0 Å². The predicted molar refractivity (Wildman–Crippen MR) is 91.9 cm³/mol. The Hall–Kier alpha value is -1.04. The predicted octanol–water partition coefficient (Wildman–Crippen LogP) is 4.03. The molecule has 2 aromatic rings. The van der Waals surface area contributed by atoms with Crippen molar-refractivity contribution in [2.24, 2.45) is 7.05 Å². The molecule has 0 aliphatic carbocycles. The number of aromatic nitrogens is 2.